The van der Waals surface area contributed by atoms with E-state index in [1.54, 1.807) is 36.8 Å². The predicted molar refractivity (Wildman–Crippen MR) is 185 cm³/mol. The molecule has 3 aliphatic heterocycles. The Labute approximate surface area is 297 Å². The van der Waals surface area contributed by atoms with Crippen molar-refractivity contribution in [2.24, 2.45) is 11.8 Å². The molecule has 0 bridgehead atoms. The summed E-state index contributed by atoms with van der Waals surface area (Å²) >= 11 is 0. The number of aromatic nitrogens is 2. The first kappa shape index (κ1) is 36.7. The second-order valence-electron chi connectivity index (χ2n) is 15.0. The molecule has 51 heavy (non-hydrogen) atoms. The maximum Gasteiger partial charge on any atom is 0.410 e. The van der Waals surface area contributed by atoms with Crippen LogP contribution in [0.25, 0.3) is 11.3 Å². The summed E-state index contributed by atoms with van der Waals surface area (Å²) in [4.78, 5) is 37.4. The summed E-state index contributed by atoms with van der Waals surface area (Å²) in [6.07, 6.45) is 1.25. The van der Waals surface area contributed by atoms with Crippen LogP contribution in [0.5, 0.6) is 0 Å². The lowest BCUT2D eigenvalue weighted by Crippen LogP contribution is -2.53. The number of rotatable bonds is 8. The standard InChI is InChI=1S/C38H48F3N5O5/c1-38(2,3)51-37(49)45-20-27(32(41)23-45)21-46(36(48)43-15-7-10-29(47)22-43)34(26-13-16-50-17-14-26)35-42-33(30-18-28(39)11-12-31(30)40)24-44(35)19-25-8-5-4-6-9-25/h4-6,8-9,11-12,18,24,26-27,29,32,34,47H,7,10,13-17,19-23H2,1-3H3. The number of imidazole rings is 1. The van der Waals surface area contributed by atoms with Gasteiger partial charge >= 0.3 is 12.1 Å². The van der Waals surface area contributed by atoms with Gasteiger partial charge in [-0.25, -0.2) is 27.7 Å². The van der Waals surface area contributed by atoms with Crippen LogP contribution in [-0.2, 0) is 16.0 Å². The van der Waals surface area contributed by atoms with Crippen LogP contribution in [0.2, 0.25) is 0 Å². The fourth-order valence-corrected chi connectivity index (χ4v) is 7.39. The Hall–Kier alpha value is -4.10. The number of carbonyl (C=O) groups is 2. The number of β-amino-alcohol motifs (C(OH)–C–C–N with tert-alkyl or cyclic N) is 1. The highest BCUT2D eigenvalue weighted by atomic mass is 19.1. The molecular formula is C38H48F3N5O5. The van der Waals surface area contributed by atoms with Crippen molar-refractivity contribution < 1.29 is 37.3 Å². The van der Waals surface area contributed by atoms with E-state index in [9.17, 15) is 19.1 Å². The third kappa shape index (κ3) is 8.86. The van der Waals surface area contributed by atoms with Crippen molar-refractivity contribution in [1.29, 1.82) is 0 Å². The summed E-state index contributed by atoms with van der Waals surface area (Å²) in [6.45, 7) is 6.83. The molecule has 4 atom stereocenters. The smallest absolute Gasteiger partial charge is 0.410 e. The van der Waals surface area contributed by atoms with Gasteiger partial charge in [0.15, 0.2) is 0 Å². The van der Waals surface area contributed by atoms with Gasteiger partial charge in [-0.2, -0.15) is 0 Å². The SMILES string of the molecule is CC(C)(C)OC(=O)N1CC(F)C(CN(C(=O)N2CCCC(O)C2)C(c2nc(-c3cc(F)ccc3F)cn2Cc2ccccc2)C2CCOCC2)C1. The number of aliphatic hydroxyl groups is 1. The predicted octanol–water partition coefficient (Wildman–Crippen LogP) is 6.43. The van der Waals surface area contributed by atoms with E-state index >= 15 is 8.78 Å². The first-order chi connectivity index (χ1) is 24.4. The molecule has 1 N–H and O–H groups in total. The topological polar surface area (TPSA) is 100 Å². The summed E-state index contributed by atoms with van der Waals surface area (Å²) < 4.78 is 58.9. The Morgan fingerprint density at radius 1 is 1.04 bits per heavy atom. The van der Waals surface area contributed by atoms with Crippen molar-refractivity contribution in [3.63, 3.8) is 0 Å². The lowest BCUT2D eigenvalue weighted by molar-refractivity contribution is 0.0127. The van der Waals surface area contributed by atoms with E-state index in [0.717, 1.165) is 23.8 Å². The number of benzene rings is 2. The van der Waals surface area contributed by atoms with E-state index in [4.69, 9.17) is 14.5 Å². The second-order valence-corrected chi connectivity index (χ2v) is 15.0. The minimum atomic E-state index is -1.43. The third-order valence-electron chi connectivity index (χ3n) is 9.88. The number of aliphatic hydroxyl groups excluding tert-OH is 1. The number of halogens is 3. The molecule has 0 spiro atoms. The molecule has 6 rings (SSSR count). The summed E-state index contributed by atoms with van der Waals surface area (Å²) in [5.41, 5.74) is 0.355. The molecule has 0 radical (unpaired) electrons. The van der Waals surface area contributed by atoms with Gasteiger partial charge in [0.05, 0.1) is 24.4 Å². The van der Waals surface area contributed by atoms with E-state index in [2.05, 4.69) is 0 Å². The van der Waals surface area contributed by atoms with Gasteiger partial charge in [-0.05, 0) is 76.1 Å². The monoisotopic (exact) mass is 711 g/mol. The van der Waals surface area contributed by atoms with Gasteiger partial charge in [0.25, 0.3) is 0 Å². The van der Waals surface area contributed by atoms with Crippen LogP contribution < -0.4 is 0 Å². The number of carbonyl (C=O) groups excluding carboxylic acids is 2. The van der Waals surface area contributed by atoms with Crippen LogP contribution in [0.3, 0.4) is 0 Å². The van der Waals surface area contributed by atoms with Gasteiger partial charge < -0.3 is 33.8 Å². The molecule has 4 heterocycles. The largest absolute Gasteiger partial charge is 0.444 e. The zero-order chi connectivity index (χ0) is 36.3. The van der Waals surface area contributed by atoms with Crippen molar-refractivity contribution in [2.45, 2.75) is 76.9 Å². The van der Waals surface area contributed by atoms with Crippen molar-refractivity contribution in [2.75, 3.05) is 45.9 Å². The Balaban J connectivity index is 1.45. The lowest BCUT2D eigenvalue weighted by atomic mass is 9.89. The lowest BCUT2D eigenvalue weighted by Gasteiger charge is -2.43. The van der Waals surface area contributed by atoms with Gasteiger partial charge in [0.2, 0.25) is 0 Å². The third-order valence-corrected chi connectivity index (χ3v) is 9.88. The first-order valence-corrected chi connectivity index (χ1v) is 17.9. The number of alkyl halides is 1. The molecule has 13 heteroatoms. The Kier molecular flexibility index (Phi) is 11.3. The minimum absolute atomic E-state index is 0.0153. The van der Waals surface area contributed by atoms with E-state index in [1.807, 2.05) is 34.9 Å². The maximum absolute atomic E-state index is 16.0. The van der Waals surface area contributed by atoms with Crippen LogP contribution in [0.4, 0.5) is 22.8 Å². The molecule has 4 unspecified atom stereocenters. The molecule has 3 aliphatic rings. The molecule has 3 amide bonds. The highest BCUT2D eigenvalue weighted by Gasteiger charge is 2.44. The van der Waals surface area contributed by atoms with E-state index in [0.29, 0.717) is 57.8 Å². The van der Waals surface area contributed by atoms with Crippen LogP contribution in [0, 0.1) is 23.5 Å². The van der Waals surface area contributed by atoms with Crippen molar-refractivity contribution in [3.05, 3.63) is 77.8 Å². The number of amides is 3. The summed E-state index contributed by atoms with van der Waals surface area (Å²) in [5.74, 6) is -1.72. The van der Waals surface area contributed by atoms with E-state index < -0.39 is 47.6 Å². The fourth-order valence-electron chi connectivity index (χ4n) is 7.39. The van der Waals surface area contributed by atoms with Gasteiger partial charge in [0.1, 0.15) is 29.2 Å². The second kappa shape index (κ2) is 15.6. The normalized spacial score (nSPS) is 22.2. The molecule has 0 saturated carbocycles. The number of hydrogen-bond donors (Lipinski definition) is 1. The fraction of sp³-hybridized carbons (Fsp3) is 0.553. The summed E-state index contributed by atoms with van der Waals surface area (Å²) in [5, 5.41) is 10.6. The highest BCUT2D eigenvalue weighted by molar-refractivity contribution is 5.75. The number of piperidine rings is 1. The van der Waals surface area contributed by atoms with Gasteiger partial charge in [-0.15, -0.1) is 0 Å². The average Bonchev–Trinajstić information content (AvgIpc) is 3.68. The molecular weight excluding hydrogens is 663 g/mol. The number of urea groups is 1. The number of likely N-dealkylation sites (tertiary alicyclic amines) is 2. The van der Waals surface area contributed by atoms with Crippen molar-refractivity contribution in [3.8, 4) is 11.3 Å². The number of nitrogens with zero attached hydrogens (tertiary/aromatic N) is 5. The first-order valence-electron chi connectivity index (χ1n) is 17.9. The molecule has 10 nitrogen and oxygen atoms in total. The zero-order valence-corrected chi connectivity index (χ0v) is 29.5. The van der Waals surface area contributed by atoms with E-state index in [1.165, 1.54) is 4.90 Å². The van der Waals surface area contributed by atoms with Crippen LogP contribution in [-0.4, -0.2) is 105 Å². The minimum Gasteiger partial charge on any atom is -0.444 e. The molecule has 276 valence electrons. The average molecular weight is 712 g/mol. The summed E-state index contributed by atoms with van der Waals surface area (Å²) in [6, 6.07) is 11.7. The molecule has 3 fully saturated rings. The molecule has 1 aromatic heterocycles. The van der Waals surface area contributed by atoms with Crippen molar-refractivity contribution >= 4 is 12.1 Å². The Morgan fingerprint density at radius 3 is 2.49 bits per heavy atom. The van der Waals surface area contributed by atoms with Crippen LogP contribution in [0.15, 0.2) is 54.7 Å². The Morgan fingerprint density at radius 2 is 1.78 bits per heavy atom. The highest BCUT2D eigenvalue weighted by Crippen LogP contribution is 2.39. The van der Waals surface area contributed by atoms with Gasteiger partial charge in [-0.3, -0.25) is 0 Å². The van der Waals surface area contributed by atoms with Gasteiger partial charge in [0, 0.05) is 63.6 Å². The molecule has 2 aromatic carbocycles. The zero-order valence-electron chi connectivity index (χ0n) is 29.5. The van der Waals surface area contributed by atoms with Crippen LogP contribution in [0.1, 0.15) is 63.9 Å². The summed E-state index contributed by atoms with van der Waals surface area (Å²) in [7, 11) is 0. The molecule has 0 aliphatic carbocycles. The quantitative estimate of drug-likeness (QED) is 0.289. The van der Waals surface area contributed by atoms with Gasteiger partial charge in [-0.1, -0.05) is 30.3 Å². The number of ether oxygens (including phenoxy) is 2. The maximum atomic E-state index is 16.0. The molecule has 3 aromatic rings. The van der Waals surface area contributed by atoms with E-state index in [-0.39, 0.29) is 49.4 Å². The van der Waals surface area contributed by atoms with Crippen LogP contribution >= 0.6 is 0 Å². The van der Waals surface area contributed by atoms with Crippen molar-refractivity contribution in [1.82, 2.24) is 24.3 Å². The number of hydrogen-bond acceptors (Lipinski definition) is 6. The molecule has 3 saturated heterocycles. The Bertz CT molecular complexity index is 1660.